The summed E-state index contributed by atoms with van der Waals surface area (Å²) in [5, 5.41) is 11.5. The van der Waals surface area contributed by atoms with Crippen molar-refractivity contribution < 1.29 is 14.7 Å². The van der Waals surface area contributed by atoms with Crippen LogP contribution in [0.5, 0.6) is 0 Å². The second kappa shape index (κ2) is 8.64. The predicted molar refractivity (Wildman–Crippen MR) is 81.8 cm³/mol. The molecular weight excluding hydrogens is 274 g/mol. The van der Waals surface area contributed by atoms with Gasteiger partial charge < -0.3 is 10.4 Å². The molecule has 0 aliphatic carbocycles. The van der Waals surface area contributed by atoms with E-state index in [9.17, 15) is 9.59 Å². The molecule has 110 valence electrons. The first-order chi connectivity index (χ1) is 9.52. The standard InChI is InChI=1S/C15H21NO3S/c1-3-5-13(15(18)19)16-14(17)10-20-9-12-7-4-6-11(2)8-12/h4,6-8,13H,3,5,9-10H2,1-2H3,(H,16,17)(H,18,19)/t13-/m0/s1. The molecule has 0 spiro atoms. The summed E-state index contributed by atoms with van der Waals surface area (Å²) >= 11 is 1.49. The van der Waals surface area contributed by atoms with Crippen LogP contribution in [0.1, 0.15) is 30.9 Å². The van der Waals surface area contributed by atoms with Crippen LogP contribution in [-0.4, -0.2) is 28.8 Å². The fourth-order valence-electron chi connectivity index (χ4n) is 1.85. The third-order valence-electron chi connectivity index (χ3n) is 2.80. The molecule has 20 heavy (non-hydrogen) atoms. The van der Waals surface area contributed by atoms with Crippen LogP contribution >= 0.6 is 11.8 Å². The maximum absolute atomic E-state index is 11.7. The van der Waals surface area contributed by atoms with Crippen LogP contribution in [-0.2, 0) is 15.3 Å². The molecule has 0 fully saturated rings. The maximum Gasteiger partial charge on any atom is 0.326 e. The van der Waals surface area contributed by atoms with Crippen molar-refractivity contribution in [2.45, 2.75) is 38.5 Å². The van der Waals surface area contributed by atoms with E-state index >= 15 is 0 Å². The molecule has 0 aromatic heterocycles. The fraction of sp³-hybridized carbons (Fsp3) is 0.467. The minimum absolute atomic E-state index is 0.219. The molecule has 0 aliphatic heterocycles. The Morgan fingerprint density at radius 3 is 2.75 bits per heavy atom. The Hall–Kier alpha value is -1.49. The van der Waals surface area contributed by atoms with Crippen LogP contribution in [0.4, 0.5) is 0 Å². The van der Waals surface area contributed by atoms with Crippen LogP contribution in [0.15, 0.2) is 24.3 Å². The molecule has 0 aliphatic rings. The SMILES string of the molecule is CCC[C@H](NC(=O)CSCc1cccc(C)c1)C(=O)O. The second-order valence-corrected chi connectivity index (χ2v) is 5.71. The van der Waals surface area contributed by atoms with Crippen molar-refractivity contribution >= 4 is 23.6 Å². The van der Waals surface area contributed by atoms with Crippen molar-refractivity contribution in [3.63, 3.8) is 0 Å². The smallest absolute Gasteiger partial charge is 0.326 e. The Bertz CT molecular complexity index is 462. The molecule has 1 aromatic carbocycles. The van der Waals surface area contributed by atoms with E-state index in [0.717, 1.165) is 12.2 Å². The summed E-state index contributed by atoms with van der Waals surface area (Å²) in [5.41, 5.74) is 2.37. The number of hydrogen-bond acceptors (Lipinski definition) is 3. The number of carboxylic acid groups (broad SMARTS) is 1. The first kappa shape index (κ1) is 16.6. The molecule has 1 rings (SSSR count). The van der Waals surface area contributed by atoms with Crippen LogP contribution < -0.4 is 5.32 Å². The monoisotopic (exact) mass is 295 g/mol. The van der Waals surface area contributed by atoms with Gasteiger partial charge in [0.2, 0.25) is 5.91 Å². The summed E-state index contributed by atoms with van der Waals surface area (Å²) in [6, 6.07) is 7.36. The van der Waals surface area contributed by atoms with Crippen LogP contribution in [0.2, 0.25) is 0 Å². The number of carbonyl (C=O) groups is 2. The highest BCUT2D eigenvalue weighted by Gasteiger charge is 2.18. The first-order valence-electron chi connectivity index (χ1n) is 6.68. The van der Waals surface area contributed by atoms with Crippen molar-refractivity contribution in [3.05, 3.63) is 35.4 Å². The number of carboxylic acids is 1. The van der Waals surface area contributed by atoms with E-state index in [1.807, 2.05) is 32.0 Å². The number of hydrogen-bond donors (Lipinski definition) is 2. The highest BCUT2D eigenvalue weighted by atomic mass is 32.2. The van der Waals surface area contributed by atoms with E-state index < -0.39 is 12.0 Å². The number of carbonyl (C=O) groups excluding carboxylic acids is 1. The molecule has 0 heterocycles. The van der Waals surface area contributed by atoms with Crippen molar-refractivity contribution in [1.29, 1.82) is 0 Å². The van der Waals surface area contributed by atoms with Crippen molar-refractivity contribution in [1.82, 2.24) is 5.32 Å². The van der Waals surface area contributed by atoms with Gasteiger partial charge in [0.15, 0.2) is 0 Å². The van der Waals surface area contributed by atoms with Crippen LogP contribution in [0.25, 0.3) is 0 Å². The lowest BCUT2D eigenvalue weighted by Gasteiger charge is -2.13. The summed E-state index contributed by atoms with van der Waals surface area (Å²) in [6.45, 7) is 3.93. The van der Waals surface area contributed by atoms with Crippen molar-refractivity contribution in [2.24, 2.45) is 0 Å². The average Bonchev–Trinajstić information content (AvgIpc) is 2.38. The fourth-order valence-corrected chi connectivity index (χ4v) is 2.63. The molecule has 0 saturated carbocycles. The average molecular weight is 295 g/mol. The molecule has 0 bridgehead atoms. The molecule has 1 amide bonds. The van der Waals surface area contributed by atoms with Gasteiger partial charge >= 0.3 is 5.97 Å². The number of aliphatic carboxylic acids is 1. The lowest BCUT2D eigenvalue weighted by Crippen LogP contribution is -2.41. The normalized spacial score (nSPS) is 11.9. The molecule has 1 atom stereocenters. The van der Waals surface area contributed by atoms with Gasteiger partial charge in [-0.25, -0.2) is 4.79 Å². The van der Waals surface area contributed by atoms with Gasteiger partial charge in [-0.15, -0.1) is 11.8 Å². The summed E-state index contributed by atoms with van der Waals surface area (Å²) in [6.07, 6.45) is 1.19. The molecule has 0 saturated heterocycles. The van der Waals surface area contributed by atoms with Gasteiger partial charge in [0, 0.05) is 5.75 Å². The van der Waals surface area contributed by atoms with Gasteiger partial charge in [-0.05, 0) is 18.9 Å². The minimum atomic E-state index is -0.969. The van der Waals surface area contributed by atoms with Gasteiger partial charge in [0.1, 0.15) is 6.04 Å². The Labute approximate surface area is 124 Å². The van der Waals surface area contributed by atoms with Gasteiger partial charge in [-0.2, -0.15) is 0 Å². The van der Waals surface area contributed by atoms with Crippen LogP contribution in [0, 0.1) is 6.92 Å². The Morgan fingerprint density at radius 2 is 2.15 bits per heavy atom. The van der Waals surface area contributed by atoms with Gasteiger partial charge in [0.05, 0.1) is 5.75 Å². The Morgan fingerprint density at radius 1 is 1.40 bits per heavy atom. The zero-order chi connectivity index (χ0) is 15.0. The van der Waals surface area contributed by atoms with E-state index in [2.05, 4.69) is 11.4 Å². The molecule has 0 unspecified atom stereocenters. The number of thioether (sulfide) groups is 1. The van der Waals surface area contributed by atoms with E-state index in [1.54, 1.807) is 0 Å². The summed E-state index contributed by atoms with van der Waals surface area (Å²) in [5.74, 6) is -0.158. The molecule has 4 nitrogen and oxygen atoms in total. The Balaban J connectivity index is 2.34. The van der Waals surface area contributed by atoms with Gasteiger partial charge in [0.25, 0.3) is 0 Å². The maximum atomic E-state index is 11.7. The summed E-state index contributed by atoms with van der Waals surface area (Å²) in [7, 11) is 0. The third kappa shape index (κ3) is 6.10. The third-order valence-corrected chi connectivity index (χ3v) is 3.80. The highest BCUT2D eigenvalue weighted by Crippen LogP contribution is 2.13. The second-order valence-electron chi connectivity index (χ2n) is 4.73. The lowest BCUT2D eigenvalue weighted by molar-refractivity contribution is -0.141. The molecule has 2 N–H and O–H groups in total. The number of nitrogens with one attached hydrogen (secondary N) is 1. The molecular formula is C15H21NO3S. The van der Waals surface area contributed by atoms with Crippen molar-refractivity contribution in [2.75, 3.05) is 5.75 Å². The van der Waals surface area contributed by atoms with Crippen molar-refractivity contribution in [3.8, 4) is 0 Å². The van der Waals surface area contributed by atoms with E-state index in [0.29, 0.717) is 6.42 Å². The molecule has 1 aromatic rings. The number of amides is 1. The quantitative estimate of drug-likeness (QED) is 0.773. The Kier molecular flexibility index (Phi) is 7.15. The lowest BCUT2D eigenvalue weighted by atomic mass is 10.2. The predicted octanol–water partition coefficient (Wildman–Crippen LogP) is 2.60. The topological polar surface area (TPSA) is 66.4 Å². The minimum Gasteiger partial charge on any atom is -0.480 e. The van der Waals surface area contributed by atoms with E-state index in [1.165, 1.54) is 22.9 Å². The molecule has 0 radical (unpaired) electrons. The summed E-state index contributed by atoms with van der Waals surface area (Å²) < 4.78 is 0. The summed E-state index contributed by atoms with van der Waals surface area (Å²) in [4.78, 5) is 22.6. The zero-order valence-corrected chi connectivity index (χ0v) is 12.7. The molecule has 5 heteroatoms. The van der Waals surface area contributed by atoms with Crippen LogP contribution in [0.3, 0.4) is 0 Å². The largest absolute Gasteiger partial charge is 0.480 e. The zero-order valence-electron chi connectivity index (χ0n) is 11.9. The van der Waals surface area contributed by atoms with E-state index in [-0.39, 0.29) is 11.7 Å². The van der Waals surface area contributed by atoms with Gasteiger partial charge in [-0.1, -0.05) is 43.2 Å². The van der Waals surface area contributed by atoms with Gasteiger partial charge in [-0.3, -0.25) is 4.79 Å². The van der Waals surface area contributed by atoms with E-state index in [4.69, 9.17) is 5.11 Å². The highest BCUT2D eigenvalue weighted by molar-refractivity contribution is 7.99. The number of aryl methyl sites for hydroxylation is 1. The number of benzene rings is 1. The number of rotatable bonds is 8. The first-order valence-corrected chi connectivity index (χ1v) is 7.84.